The summed E-state index contributed by atoms with van der Waals surface area (Å²) in [7, 11) is 1.71. The van der Waals surface area contributed by atoms with Crippen LogP contribution in [0, 0.1) is 34.0 Å². The highest BCUT2D eigenvalue weighted by atomic mass is 19.1. The van der Waals surface area contributed by atoms with Crippen LogP contribution >= 0.6 is 0 Å². The van der Waals surface area contributed by atoms with Crippen LogP contribution in [-0.2, 0) is 4.74 Å². The molecule has 8 nitrogen and oxygen atoms in total. The Morgan fingerprint density at radius 1 is 1.30 bits per heavy atom. The molecule has 1 atom stereocenters. The molecule has 2 N–H and O–H groups in total. The zero-order valence-electron chi connectivity index (χ0n) is 18.6. The average molecular weight is 451 g/mol. The first-order chi connectivity index (χ1) is 16.0. The summed E-state index contributed by atoms with van der Waals surface area (Å²) < 4.78 is 25.0. The Morgan fingerprint density at radius 3 is 2.70 bits per heavy atom. The van der Waals surface area contributed by atoms with Crippen LogP contribution in [0.3, 0.4) is 0 Å². The van der Waals surface area contributed by atoms with Crippen molar-refractivity contribution in [3.8, 4) is 22.9 Å². The Morgan fingerprint density at radius 2 is 2.09 bits per heavy atom. The van der Waals surface area contributed by atoms with Gasteiger partial charge in [0.05, 0.1) is 25.2 Å². The number of benzene rings is 1. The van der Waals surface area contributed by atoms with Gasteiger partial charge >= 0.3 is 0 Å². The lowest BCUT2D eigenvalue weighted by Crippen LogP contribution is -2.41. The average Bonchev–Trinajstić information content (AvgIpc) is 3.36. The number of nitriles is 1. The molecule has 2 aliphatic rings. The molecule has 9 heteroatoms. The number of nitrogens with zero attached hydrogens (tertiary/aromatic N) is 4. The highest BCUT2D eigenvalue weighted by Crippen LogP contribution is 2.41. The molecule has 3 heterocycles. The van der Waals surface area contributed by atoms with E-state index >= 15 is 0 Å². The Bertz CT molecular complexity index is 1050. The van der Waals surface area contributed by atoms with E-state index in [1.54, 1.807) is 19.2 Å². The lowest BCUT2D eigenvalue weighted by Gasteiger charge is -2.36. The molecule has 1 unspecified atom stereocenters. The van der Waals surface area contributed by atoms with Crippen molar-refractivity contribution in [3.63, 3.8) is 0 Å². The fourth-order valence-electron chi connectivity index (χ4n) is 4.39. The number of rotatable bonds is 6. The van der Waals surface area contributed by atoms with E-state index in [1.807, 2.05) is 6.07 Å². The maximum absolute atomic E-state index is 13.5. The second kappa shape index (κ2) is 9.96. The van der Waals surface area contributed by atoms with Crippen LogP contribution in [0.2, 0.25) is 0 Å². The summed E-state index contributed by atoms with van der Waals surface area (Å²) in [6, 6.07) is 9.00. The molecule has 2 aliphatic heterocycles. The fourth-order valence-corrected chi connectivity index (χ4v) is 4.39. The third-order valence-electron chi connectivity index (χ3n) is 6.24. The minimum atomic E-state index is -0.559. The SMILES string of the molecule is CN(C=N)C(=N)C1CCN(c2c(-c3ccc(F)nc3)ccc(OC3CCOC3)c2C#N)CC1. The molecule has 33 heavy (non-hydrogen) atoms. The van der Waals surface area contributed by atoms with Crippen LogP contribution in [0.5, 0.6) is 5.75 Å². The molecule has 0 saturated carbocycles. The number of ether oxygens (including phenoxy) is 2. The van der Waals surface area contributed by atoms with Gasteiger partial charge in [0.15, 0.2) is 0 Å². The van der Waals surface area contributed by atoms with Gasteiger partial charge in [-0.1, -0.05) is 0 Å². The van der Waals surface area contributed by atoms with Crippen molar-refractivity contribution in [3.05, 3.63) is 42.0 Å². The summed E-state index contributed by atoms with van der Waals surface area (Å²) in [6.45, 7) is 2.43. The van der Waals surface area contributed by atoms with E-state index in [4.69, 9.17) is 20.3 Å². The van der Waals surface area contributed by atoms with E-state index < -0.39 is 5.95 Å². The van der Waals surface area contributed by atoms with Gasteiger partial charge in [-0.3, -0.25) is 10.8 Å². The highest BCUT2D eigenvalue weighted by Gasteiger charge is 2.29. The van der Waals surface area contributed by atoms with Gasteiger partial charge in [0.25, 0.3) is 0 Å². The first-order valence-electron chi connectivity index (χ1n) is 11.0. The third-order valence-corrected chi connectivity index (χ3v) is 6.24. The monoisotopic (exact) mass is 450 g/mol. The molecular formula is C24H27FN6O2. The first-order valence-corrected chi connectivity index (χ1v) is 11.0. The van der Waals surface area contributed by atoms with Gasteiger partial charge in [0.1, 0.15) is 29.3 Å². The fraction of sp³-hybridized carbons (Fsp3) is 0.417. The van der Waals surface area contributed by atoms with Crippen LogP contribution in [0.4, 0.5) is 10.1 Å². The minimum absolute atomic E-state index is 0.0457. The Kier molecular flexibility index (Phi) is 6.84. The van der Waals surface area contributed by atoms with E-state index in [0.29, 0.717) is 43.5 Å². The van der Waals surface area contributed by atoms with Crippen LogP contribution in [0.15, 0.2) is 30.5 Å². The van der Waals surface area contributed by atoms with Crippen molar-refractivity contribution in [1.29, 1.82) is 16.1 Å². The molecule has 2 aromatic rings. The number of nitrogens with one attached hydrogen (secondary N) is 2. The highest BCUT2D eigenvalue weighted by molar-refractivity contribution is 5.91. The number of hydrogen-bond donors (Lipinski definition) is 2. The molecule has 172 valence electrons. The van der Waals surface area contributed by atoms with E-state index in [-0.39, 0.29) is 12.0 Å². The van der Waals surface area contributed by atoms with E-state index in [9.17, 15) is 9.65 Å². The van der Waals surface area contributed by atoms with Gasteiger partial charge < -0.3 is 19.3 Å². The molecule has 2 saturated heterocycles. The summed E-state index contributed by atoms with van der Waals surface area (Å²) in [5, 5.41) is 25.9. The zero-order chi connectivity index (χ0) is 23.4. The van der Waals surface area contributed by atoms with Crippen LogP contribution in [0.25, 0.3) is 11.1 Å². The van der Waals surface area contributed by atoms with Crippen molar-refractivity contribution < 1.29 is 13.9 Å². The number of amidine groups is 1. The van der Waals surface area contributed by atoms with Crippen molar-refractivity contribution in [2.24, 2.45) is 5.92 Å². The predicted octanol–water partition coefficient (Wildman–Crippen LogP) is 3.66. The molecule has 0 bridgehead atoms. The smallest absolute Gasteiger partial charge is 0.212 e. The molecule has 0 aliphatic carbocycles. The summed E-state index contributed by atoms with van der Waals surface area (Å²) in [5.41, 5.74) is 2.69. The normalized spacial score (nSPS) is 18.6. The molecule has 2 fully saturated rings. The Balaban J connectivity index is 1.69. The van der Waals surface area contributed by atoms with E-state index in [1.165, 1.54) is 17.2 Å². The maximum atomic E-state index is 13.5. The molecule has 4 rings (SSSR count). The summed E-state index contributed by atoms with van der Waals surface area (Å²) in [5.74, 6) is 0.424. The molecule has 1 aromatic heterocycles. The summed E-state index contributed by atoms with van der Waals surface area (Å²) in [6.07, 6.45) is 4.76. The number of aromatic nitrogens is 1. The van der Waals surface area contributed by atoms with Crippen molar-refractivity contribution >= 4 is 17.9 Å². The first kappa shape index (κ1) is 22.7. The van der Waals surface area contributed by atoms with Gasteiger partial charge in [-0.15, -0.1) is 0 Å². The van der Waals surface area contributed by atoms with Crippen molar-refractivity contribution in [1.82, 2.24) is 9.88 Å². The quantitative estimate of drug-likeness (QED) is 0.395. The van der Waals surface area contributed by atoms with Gasteiger partial charge in [0, 0.05) is 49.8 Å². The molecule has 0 radical (unpaired) electrons. The van der Waals surface area contributed by atoms with Gasteiger partial charge in [0.2, 0.25) is 5.95 Å². The second-order valence-corrected chi connectivity index (χ2v) is 8.31. The Hall–Kier alpha value is -3.51. The minimum Gasteiger partial charge on any atom is -0.486 e. The number of piperidine rings is 1. The number of halogens is 1. The van der Waals surface area contributed by atoms with Gasteiger partial charge in [-0.2, -0.15) is 9.65 Å². The largest absolute Gasteiger partial charge is 0.486 e. The topological polar surface area (TPSA) is 109 Å². The maximum Gasteiger partial charge on any atom is 0.212 e. The van der Waals surface area contributed by atoms with E-state index in [0.717, 1.165) is 42.4 Å². The summed E-state index contributed by atoms with van der Waals surface area (Å²) in [4.78, 5) is 7.46. The van der Waals surface area contributed by atoms with Gasteiger partial charge in [-0.25, -0.2) is 4.98 Å². The standard InChI is InChI=1S/C24H27FN6O2/c1-30(15-27)24(28)16-6-9-31(10-7-16)23-19(17-2-5-22(25)29-13-17)3-4-21(20(23)12-26)33-18-8-11-32-14-18/h2-5,13,15-16,18,27-28H,6-11,14H2,1H3. The number of hydrogen-bond acceptors (Lipinski definition) is 7. The summed E-state index contributed by atoms with van der Waals surface area (Å²) >= 11 is 0. The van der Waals surface area contributed by atoms with Crippen molar-refractivity contribution in [2.75, 3.05) is 38.3 Å². The van der Waals surface area contributed by atoms with Crippen LogP contribution in [0.1, 0.15) is 24.8 Å². The predicted molar refractivity (Wildman–Crippen MR) is 123 cm³/mol. The van der Waals surface area contributed by atoms with Crippen LogP contribution < -0.4 is 9.64 Å². The number of anilines is 1. The third kappa shape index (κ3) is 4.81. The number of pyridine rings is 1. The van der Waals surface area contributed by atoms with Crippen molar-refractivity contribution in [2.45, 2.75) is 25.4 Å². The zero-order valence-corrected chi connectivity index (χ0v) is 18.6. The molecule has 0 spiro atoms. The Labute approximate surface area is 192 Å². The lowest BCUT2D eigenvalue weighted by atomic mass is 9.92. The second-order valence-electron chi connectivity index (χ2n) is 8.31. The van der Waals surface area contributed by atoms with Crippen LogP contribution in [-0.4, -0.2) is 61.5 Å². The lowest BCUT2D eigenvalue weighted by molar-refractivity contribution is 0.141. The van der Waals surface area contributed by atoms with E-state index in [2.05, 4.69) is 16.0 Å². The molecular weight excluding hydrogens is 423 g/mol. The van der Waals surface area contributed by atoms with Gasteiger partial charge in [-0.05, 0) is 37.1 Å². The molecule has 0 amide bonds. The molecule has 1 aromatic carbocycles.